The first-order chi connectivity index (χ1) is 6.63. The summed E-state index contributed by atoms with van der Waals surface area (Å²) in [6, 6.07) is 0.701. The van der Waals surface area contributed by atoms with Crippen molar-refractivity contribution >= 4 is 0 Å². The summed E-state index contributed by atoms with van der Waals surface area (Å²) in [5, 5.41) is 0. The van der Waals surface area contributed by atoms with Crippen molar-refractivity contribution in [3.63, 3.8) is 0 Å². The second-order valence-corrected chi connectivity index (χ2v) is 4.90. The first-order valence-corrected chi connectivity index (χ1v) is 6.01. The first kappa shape index (κ1) is 11.8. The minimum absolute atomic E-state index is 0.434. The minimum Gasteiger partial charge on any atom is -0.301 e. The molecule has 0 radical (unpaired) electrons. The monoisotopic (exact) mass is 195 g/mol. The molecule has 0 unspecified atom stereocenters. The summed E-state index contributed by atoms with van der Waals surface area (Å²) >= 11 is 0. The van der Waals surface area contributed by atoms with E-state index in [-0.39, 0.29) is 0 Å². The van der Waals surface area contributed by atoms with E-state index in [4.69, 9.17) is 0 Å². The molecule has 1 aliphatic heterocycles. The van der Waals surface area contributed by atoms with E-state index in [0.29, 0.717) is 11.5 Å². The quantitative estimate of drug-likeness (QED) is 0.623. The van der Waals surface area contributed by atoms with Gasteiger partial charge < -0.3 is 4.90 Å². The zero-order chi connectivity index (χ0) is 10.6. The zero-order valence-corrected chi connectivity index (χ0v) is 10.1. The number of rotatable bonds is 3. The Bertz CT molecular complexity index is 186. The first-order valence-electron chi connectivity index (χ1n) is 6.01. The maximum Gasteiger partial charge on any atom is 0.00385 e. The van der Waals surface area contributed by atoms with Crippen molar-refractivity contribution < 1.29 is 0 Å². The number of allylic oxidation sites excluding steroid dienone is 1. The van der Waals surface area contributed by atoms with E-state index in [2.05, 4.69) is 38.3 Å². The van der Waals surface area contributed by atoms with Crippen molar-refractivity contribution in [1.82, 2.24) is 4.90 Å². The molecule has 1 rings (SSSR count). The van der Waals surface area contributed by atoms with Crippen LogP contribution in [0.2, 0.25) is 0 Å². The summed E-state index contributed by atoms with van der Waals surface area (Å²) in [7, 11) is 0. The van der Waals surface area contributed by atoms with E-state index >= 15 is 0 Å². The van der Waals surface area contributed by atoms with Crippen LogP contribution in [0, 0.1) is 5.41 Å². The van der Waals surface area contributed by atoms with Crippen LogP contribution in [0.5, 0.6) is 0 Å². The Morgan fingerprint density at radius 2 is 2.07 bits per heavy atom. The van der Waals surface area contributed by atoms with Crippen LogP contribution < -0.4 is 0 Å². The highest BCUT2D eigenvalue weighted by atomic mass is 15.1. The van der Waals surface area contributed by atoms with Crippen molar-refractivity contribution in [2.75, 3.05) is 13.1 Å². The molecule has 0 N–H and O–H groups in total. The smallest absolute Gasteiger partial charge is 0.00385 e. The van der Waals surface area contributed by atoms with E-state index in [1.807, 2.05) is 0 Å². The molecule has 1 aliphatic rings. The molecular weight excluding hydrogens is 170 g/mol. The highest BCUT2D eigenvalue weighted by Gasteiger charge is 2.28. The molecule has 1 saturated heterocycles. The van der Waals surface area contributed by atoms with Crippen molar-refractivity contribution in [2.24, 2.45) is 5.41 Å². The molecule has 1 heterocycles. The topological polar surface area (TPSA) is 3.24 Å². The molecule has 0 aliphatic carbocycles. The van der Waals surface area contributed by atoms with Gasteiger partial charge in [-0.1, -0.05) is 13.0 Å². The fourth-order valence-corrected chi connectivity index (χ4v) is 2.46. The summed E-state index contributed by atoms with van der Waals surface area (Å²) < 4.78 is 0. The third-order valence-corrected chi connectivity index (χ3v) is 3.88. The van der Waals surface area contributed by atoms with Gasteiger partial charge in [0, 0.05) is 6.04 Å². The molecule has 0 aromatic rings. The Hall–Kier alpha value is -0.300. The number of hydrogen-bond donors (Lipinski definition) is 0. The van der Waals surface area contributed by atoms with Gasteiger partial charge in [-0.2, -0.15) is 0 Å². The molecule has 0 aromatic carbocycles. The van der Waals surface area contributed by atoms with Crippen molar-refractivity contribution in [3.05, 3.63) is 12.7 Å². The fourth-order valence-electron chi connectivity index (χ4n) is 2.46. The van der Waals surface area contributed by atoms with Crippen LogP contribution >= 0.6 is 0 Å². The van der Waals surface area contributed by atoms with E-state index in [1.165, 1.54) is 38.8 Å². The van der Waals surface area contributed by atoms with Crippen LogP contribution in [0.15, 0.2) is 12.7 Å². The third-order valence-electron chi connectivity index (χ3n) is 3.88. The van der Waals surface area contributed by atoms with Gasteiger partial charge in [0.15, 0.2) is 0 Å². The standard InChI is InChI=1S/C13H25N/c1-5-13(6-2)8-7-10-14(11-9-13)12(3)4/h5,12H,1,6-11H2,2-4H3/t13-/m1/s1. The minimum atomic E-state index is 0.434. The summed E-state index contributed by atoms with van der Waals surface area (Å²) in [5.41, 5.74) is 0.434. The van der Waals surface area contributed by atoms with Gasteiger partial charge in [0.25, 0.3) is 0 Å². The Labute approximate surface area is 89.2 Å². The Balaban J connectivity index is 2.59. The van der Waals surface area contributed by atoms with E-state index in [1.54, 1.807) is 0 Å². The maximum atomic E-state index is 4.02. The fraction of sp³-hybridized carbons (Fsp3) is 0.846. The molecule has 1 heteroatoms. The normalized spacial score (nSPS) is 30.3. The molecule has 0 amide bonds. The Morgan fingerprint density at radius 1 is 1.36 bits per heavy atom. The number of nitrogens with zero attached hydrogens (tertiary/aromatic N) is 1. The summed E-state index contributed by atoms with van der Waals surface area (Å²) in [5.74, 6) is 0. The zero-order valence-electron chi connectivity index (χ0n) is 10.1. The van der Waals surface area contributed by atoms with Crippen LogP contribution in [-0.4, -0.2) is 24.0 Å². The van der Waals surface area contributed by atoms with Gasteiger partial charge in [0.2, 0.25) is 0 Å². The van der Waals surface area contributed by atoms with Crippen molar-refractivity contribution in [1.29, 1.82) is 0 Å². The van der Waals surface area contributed by atoms with Crippen LogP contribution in [0.25, 0.3) is 0 Å². The van der Waals surface area contributed by atoms with Crippen molar-refractivity contribution in [2.45, 2.75) is 52.5 Å². The SMILES string of the molecule is C=C[C@@]1(CC)CCCN(C(C)C)CC1. The van der Waals surface area contributed by atoms with Gasteiger partial charge in [-0.05, 0) is 58.0 Å². The molecule has 0 saturated carbocycles. The Morgan fingerprint density at radius 3 is 2.57 bits per heavy atom. The van der Waals surface area contributed by atoms with Gasteiger partial charge in [-0.15, -0.1) is 6.58 Å². The maximum absolute atomic E-state index is 4.02. The average Bonchev–Trinajstić information content (AvgIpc) is 2.40. The molecule has 0 aromatic heterocycles. The average molecular weight is 195 g/mol. The highest BCUT2D eigenvalue weighted by molar-refractivity contribution is 4.96. The van der Waals surface area contributed by atoms with Crippen molar-refractivity contribution in [3.8, 4) is 0 Å². The second kappa shape index (κ2) is 4.97. The molecule has 1 atom stereocenters. The third kappa shape index (κ3) is 2.60. The van der Waals surface area contributed by atoms with Crippen LogP contribution in [0.1, 0.15) is 46.5 Å². The largest absolute Gasteiger partial charge is 0.301 e. The van der Waals surface area contributed by atoms with Crippen LogP contribution in [0.3, 0.4) is 0 Å². The molecular formula is C13H25N. The molecule has 14 heavy (non-hydrogen) atoms. The van der Waals surface area contributed by atoms with Gasteiger partial charge in [-0.3, -0.25) is 0 Å². The second-order valence-electron chi connectivity index (χ2n) is 4.90. The summed E-state index contributed by atoms with van der Waals surface area (Å²) in [4.78, 5) is 2.60. The lowest BCUT2D eigenvalue weighted by atomic mass is 9.78. The summed E-state index contributed by atoms with van der Waals surface area (Å²) in [6.45, 7) is 13.4. The lowest BCUT2D eigenvalue weighted by Gasteiger charge is -2.28. The molecule has 1 fully saturated rings. The summed E-state index contributed by atoms with van der Waals surface area (Å²) in [6.07, 6.45) is 7.42. The number of likely N-dealkylation sites (tertiary alicyclic amines) is 1. The van der Waals surface area contributed by atoms with Gasteiger partial charge in [-0.25, -0.2) is 0 Å². The lowest BCUT2D eigenvalue weighted by molar-refractivity contribution is 0.219. The molecule has 1 nitrogen and oxygen atoms in total. The van der Waals surface area contributed by atoms with E-state index in [9.17, 15) is 0 Å². The predicted octanol–water partition coefficient (Wildman–Crippen LogP) is 3.46. The van der Waals surface area contributed by atoms with Crippen LogP contribution in [0.4, 0.5) is 0 Å². The highest BCUT2D eigenvalue weighted by Crippen LogP contribution is 2.36. The lowest BCUT2D eigenvalue weighted by Crippen LogP contribution is -2.32. The Kier molecular flexibility index (Phi) is 4.18. The van der Waals surface area contributed by atoms with E-state index in [0.717, 1.165) is 0 Å². The molecule has 0 spiro atoms. The van der Waals surface area contributed by atoms with Gasteiger partial charge >= 0.3 is 0 Å². The predicted molar refractivity (Wildman–Crippen MR) is 63.5 cm³/mol. The van der Waals surface area contributed by atoms with Gasteiger partial charge in [0.05, 0.1) is 0 Å². The van der Waals surface area contributed by atoms with Gasteiger partial charge in [0.1, 0.15) is 0 Å². The van der Waals surface area contributed by atoms with Crippen LogP contribution in [-0.2, 0) is 0 Å². The molecule has 82 valence electrons. The number of hydrogen-bond acceptors (Lipinski definition) is 1. The van der Waals surface area contributed by atoms with E-state index < -0.39 is 0 Å². The molecule has 0 bridgehead atoms.